The summed E-state index contributed by atoms with van der Waals surface area (Å²) in [7, 11) is -1.24. The normalized spacial score (nSPS) is 13.9. The Morgan fingerprint density at radius 2 is 1.95 bits per heavy atom. The topological polar surface area (TPSA) is 29.1 Å². The van der Waals surface area contributed by atoms with Gasteiger partial charge in [-0.2, -0.15) is 0 Å². The molecule has 0 aromatic heterocycles. The van der Waals surface area contributed by atoms with E-state index < -0.39 is 10.8 Å². The van der Waals surface area contributed by atoms with Gasteiger partial charge >= 0.3 is 0 Å². The fraction of sp³-hybridized carbons (Fsp3) is 0.294. The van der Waals surface area contributed by atoms with Crippen molar-refractivity contribution in [3.63, 3.8) is 0 Å². The van der Waals surface area contributed by atoms with E-state index in [0.717, 1.165) is 12.1 Å². The van der Waals surface area contributed by atoms with Gasteiger partial charge in [-0.15, -0.1) is 0 Å². The number of benzene rings is 2. The monoisotopic (exact) mass is 305 g/mol. The van der Waals surface area contributed by atoms with Crippen LogP contribution in [0.2, 0.25) is 0 Å². The molecule has 0 saturated carbocycles. The second-order valence-electron chi connectivity index (χ2n) is 4.94. The molecular formula is C17H20FNOS. The molecule has 2 nitrogen and oxygen atoms in total. The lowest BCUT2D eigenvalue weighted by molar-refractivity contribution is 0.591. The lowest BCUT2D eigenvalue weighted by Crippen LogP contribution is -2.26. The lowest BCUT2D eigenvalue weighted by atomic mass is 10.0. The quantitative estimate of drug-likeness (QED) is 0.883. The van der Waals surface area contributed by atoms with Crippen molar-refractivity contribution in [1.82, 2.24) is 5.32 Å². The molecule has 2 aromatic rings. The van der Waals surface area contributed by atoms with Crippen molar-refractivity contribution in [3.05, 3.63) is 65.5 Å². The van der Waals surface area contributed by atoms with Crippen molar-refractivity contribution in [2.45, 2.75) is 24.8 Å². The predicted octanol–water partition coefficient (Wildman–Crippen LogP) is 3.59. The first-order chi connectivity index (χ1) is 10.1. The number of halogens is 1. The second kappa shape index (κ2) is 7.48. The van der Waals surface area contributed by atoms with E-state index in [0.29, 0.717) is 10.6 Å². The van der Waals surface area contributed by atoms with E-state index in [1.165, 1.54) is 17.7 Å². The van der Waals surface area contributed by atoms with E-state index >= 15 is 0 Å². The summed E-state index contributed by atoms with van der Waals surface area (Å²) < 4.78 is 25.7. The van der Waals surface area contributed by atoms with Gasteiger partial charge in [-0.25, -0.2) is 4.39 Å². The number of aryl methyl sites for hydroxylation is 1. The smallest absolute Gasteiger partial charge is 0.124 e. The first-order valence-corrected chi connectivity index (χ1v) is 8.36. The number of rotatable bonds is 6. The molecule has 4 heteroatoms. The summed E-state index contributed by atoms with van der Waals surface area (Å²) in [6, 6.07) is 14.1. The number of nitrogens with one attached hydrogen (secondary N) is 1. The Balaban J connectivity index is 2.20. The van der Waals surface area contributed by atoms with Crippen molar-refractivity contribution in [3.8, 4) is 0 Å². The molecule has 0 saturated heterocycles. The zero-order chi connectivity index (χ0) is 15.2. The molecule has 0 amide bonds. The van der Waals surface area contributed by atoms with Crippen LogP contribution < -0.4 is 5.32 Å². The first-order valence-electron chi connectivity index (χ1n) is 7.04. The fourth-order valence-corrected chi connectivity index (χ4v) is 3.61. The maximum Gasteiger partial charge on any atom is 0.124 e. The van der Waals surface area contributed by atoms with Gasteiger partial charge < -0.3 is 5.32 Å². The van der Waals surface area contributed by atoms with Gasteiger partial charge in [-0.05, 0) is 42.8 Å². The van der Waals surface area contributed by atoms with Gasteiger partial charge in [-0.3, -0.25) is 4.21 Å². The Morgan fingerprint density at radius 1 is 1.19 bits per heavy atom. The minimum Gasteiger partial charge on any atom is -0.309 e. The summed E-state index contributed by atoms with van der Waals surface area (Å²) >= 11 is 0. The van der Waals surface area contributed by atoms with Gasteiger partial charge in [0.05, 0.1) is 10.8 Å². The molecule has 112 valence electrons. The van der Waals surface area contributed by atoms with Crippen LogP contribution in [0.1, 0.15) is 24.1 Å². The summed E-state index contributed by atoms with van der Waals surface area (Å²) in [5.41, 5.74) is 2.31. The third-order valence-electron chi connectivity index (χ3n) is 3.39. The largest absolute Gasteiger partial charge is 0.309 e. The van der Waals surface area contributed by atoms with Crippen LogP contribution in [0.3, 0.4) is 0 Å². The van der Waals surface area contributed by atoms with E-state index in [4.69, 9.17) is 0 Å². The number of hydrogen-bond acceptors (Lipinski definition) is 2. The van der Waals surface area contributed by atoms with Crippen molar-refractivity contribution >= 4 is 10.8 Å². The van der Waals surface area contributed by atoms with E-state index in [1.807, 2.05) is 38.1 Å². The highest BCUT2D eigenvalue weighted by Crippen LogP contribution is 2.21. The summed E-state index contributed by atoms with van der Waals surface area (Å²) in [5, 5.41) is 3.37. The van der Waals surface area contributed by atoms with Crippen molar-refractivity contribution in [2.75, 3.05) is 12.3 Å². The van der Waals surface area contributed by atoms with Gasteiger partial charge in [0.15, 0.2) is 0 Å². The standard InChI is InChI=1S/C17H20FNOS/c1-3-19-17(16-10-5-4-7-13(16)2)12-21(20)15-9-6-8-14(18)11-15/h4-11,17,19H,3,12H2,1-2H3. The molecule has 2 unspecified atom stereocenters. The van der Waals surface area contributed by atoms with Crippen molar-refractivity contribution in [2.24, 2.45) is 0 Å². The van der Waals surface area contributed by atoms with Crippen LogP contribution in [-0.2, 0) is 10.8 Å². The molecule has 0 radical (unpaired) electrons. The van der Waals surface area contributed by atoms with E-state index in [2.05, 4.69) is 5.32 Å². The summed E-state index contributed by atoms with van der Waals surface area (Å²) in [6.45, 7) is 4.86. The molecule has 0 heterocycles. The molecule has 0 aliphatic carbocycles. The second-order valence-corrected chi connectivity index (χ2v) is 6.43. The molecule has 0 spiro atoms. The van der Waals surface area contributed by atoms with Crippen LogP contribution in [0.4, 0.5) is 4.39 Å². The Hall–Kier alpha value is -1.52. The summed E-state index contributed by atoms with van der Waals surface area (Å²) in [5.74, 6) is 0.0824. The number of hydrogen-bond donors (Lipinski definition) is 1. The molecule has 0 aliphatic heterocycles. The highest BCUT2D eigenvalue weighted by molar-refractivity contribution is 7.85. The molecule has 0 bridgehead atoms. The Labute approximate surface area is 127 Å². The van der Waals surface area contributed by atoms with E-state index in [-0.39, 0.29) is 11.9 Å². The van der Waals surface area contributed by atoms with Crippen LogP contribution in [0.5, 0.6) is 0 Å². The van der Waals surface area contributed by atoms with Crippen LogP contribution >= 0.6 is 0 Å². The van der Waals surface area contributed by atoms with Gasteiger partial charge in [0, 0.05) is 16.7 Å². The third-order valence-corrected chi connectivity index (χ3v) is 4.81. The van der Waals surface area contributed by atoms with Crippen LogP contribution in [0.25, 0.3) is 0 Å². The molecule has 2 rings (SSSR count). The third kappa shape index (κ3) is 4.22. The van der Waals surface area contributed by atoms with Crippen LogP contribution in [0, 0.1) is 12.7 Å². The maximum atomic E-state index is 13.2. The molecule has 2 aromatic carbocycles. The Morgan fingerprint density at radius 3 is 2.62 bits per heavy atom. The highest BCUT2D eigenvalue weighted by Gasteiger charge is 2.17. The van der Waals surface area contributed by atoms with Gasteiger partial charge in [0.1, 0.15) is 5.82 Å². The fourth-order valence-electron chi connectivity index (χ4n) is 2.34. The minimum absolute atomic E-state index is 0.000278. The SMILES string of the molecule is CCNC(CS(=O)c1cccc(F)c1)c1ccccc1C. The van der Waals surface area contributed by atoms with Crippen molar-refractivity contribution < 1.29 is 8.60 Å². The molecule has 0 aliphatic rings. The molecule has 1 N–H and O–H groups in total. The van der Waals surface area contributed by atoms with Gasteiger partial charge in [0.25, 0.3) is 0 Å². The van der Waals surface area contributed by atoms with E-state index in [1.54, 1.807) is 12.1 Å². The average molecular weight is 305 g/mol. The molecule has 0 fully saturated rings. The van der Waals surface area contributed by atoms with Gasteiger partial charge in [-0.1, -0.05) is 37.3 Å². The Bertz CT molecular complexity index is 630. The van der Waals surface area contributed by atoms with Crippen LogP contribution in [-0.4, -0.2) is 16.5 Å². The molecular weight excluding hydrogens is 285 g/mol. The minimum atomic E-state index is -1.24. The summed E-state index contributed by atoms with van der Waals surface area (Å²) in [4.78, 5) is 0.534. The molecule has 21 heavy (non-hydrogen) atoms. The highest BCUT2D eigenvalue weighted by atomic mass is 32.2. The van der Waals surface area contributed by atoms with Crippen molar-refractivity contribution in [1.29, 1.82) is 0 Å². The van der Waals surface area contributed by atoms with Gasteiger partial charge in [0.2, 0.25) is 0 Å². The maximum absolute atomic E-state index is 13.2. The van der Waals surface area contributed by atoms with E-state index in [9.17, 15) is 8.60 Å². The predicted molar refractivity (Wildman–Crippen MR) is 85.3 cm³/mol. The first kappa shape index (κ1) is 15.9. The Kier molecular flexibility index (Phi) is 5.65. The average Bonchev–Trinajstić information content (AvgIpc) is 2.47. The lowest BCUT2D eigenvalue weighted by Gasteiger charge is -2.20. The van der Waals surface area contributed by atoms with Crippen LogP contribution in [0.15, 0.2) is 53.4 Å². The summed E-state index contributed by atoms with van der Waals surface area (Å²) in [6.07, 6.45) is 0. The molecule has 2 atom stereocenters. The zero-order valence-corrected chi connectivity index (χ0v) is 13.1. The zero-order valence-electron chi connectivity index (χ0n) is 12.3.